The Kier molecular flexibility index (Phi) is 2.71. The number of hydrogen-bond acceptors (Lipinski definition) is 4. The zero-order valence-corrected chi connectivity index (χ0v) is 9.32. The van der Waals surface area contributed by atoms with E-state index in [9.17, 15) is 4.79 Å². The molecule has 0 saturated carbocycles. The van der Waals surface area contributed by atoms with Gasteiger partial charge < -0.3 is 5.73 Å². The Morgan fingerprint density at radius 2 is 2.36 bits per heavy atom. The summed E-state index contributed by atoms with van der Waals surface area (Å²) in [5.41, 5.74) is 5.46. The third-order valence-electron chi connectivity index (χ3n) is 1.91. The van der Waals surface area contributed by atoms with Gasteiger partial charge >= 0.3 is 0 Å². The highest BCUT2D eigenvalue weighted by atomic mass is 32.2. The van der Waals surface area contributed by atoms with E-state index < -0.39 is 0 Å². The van der Waals surface area contributed by atoms with Crippen LogP contribution in [0.1, 0.15) is 9.75 Å². The van der Waals surface area contributed by atoms with Crippen molar-refractivity contribution in [3.63, 3.8) is 0 Å². The highest BCUT2D eigenvalue weighted by Crippen LogP contribution is 2.29. The van der Waals surface area contributed by atoms with Crippen LogP contribution in [0.2, 0.25) is 0 Å². The monoisotopic (exact) mass is 226 g/mol. The van der Waals surface area contributed by atoms with E-state index >= 15 is 0 Å². The van der Waals surface area contributed by atoms with Crippen LogP contribution in [0.25, 0.3) is 0 Å². The lowest BCUT2D eigenvalue weighted by atomic mass is 10.4. The van der Waals surface area contributed by atoms with Crippen molar-refractivity contribution in [1.29, 1.82) is 0 Å². The lowest BCUT2D eigenvalue weighted by Crippen LogP contribution is -2.21. The summed E-state index contributed by atoms with van der Waals surface area (Å²) >= 11 is 3.13. The fraction of sp³-hybridized carbons (Fsp3) is 0.333. The Balaban J connectivity index is 2.22. The van der Waals surface area contributed by atoms with Crippen molar-refractivity contribution < 1.29 is 4.79 Å². The number of aliphatic imine (C=N–C) groups is 1. The molecule has 2 N–H and O–H groups in total. The van der Waals surface area contributed by atoms with E-state index in [1.54, 1.807) is 11.3 Å². The average Bonchev–Trinajstić information content (AvgIpc) is 2.71. The van der Waals surface area contributed by atoms with E-state index in [0.717, 1.165) is 9.92 Å². The molecule has 0 bridgehead atoms. The fourth-order valence-electron chi connectivity index (χ4n) is 1.20. The van der Waals surface area contributed by atoms with E-state index in [2.05, 4.69) is 4.99 Å². The van der Waals surface area contributed by atoms with Crippen molar-refractivity contribution in [2.45, 2.75) is 12.2 Å². The Hall–Kier alpha value is -0.650. The molecule has 74 valence electrons. The predicted octanol–water partition coefficient (Wildman–Crippen LogP) is 1.40. The van der Waals surface area contributed by atoms with Gasteiger partial charge in [0.15, 0.2) is 0 Å². The Bertz CT molecular complexity index is 397. The predicted molar refractivity (Wildman–Crippen MR) is 61.0 cm³/mol. The molecule has 14 heavy (non-hydrogen) atoms. The van der Waals surface area contributed by atoms with Gasteiger partial charge in [0.2, 0.25) is 0 Å². The number of carbonyl (C=O) groups excluding carboxylic acids is 1. The number of aryl methyl sites for hydroxylation is 1. The minimum atomic E-state index is -0.174. The first-order valence-corrected chi connectivity index (χ1v) is 5.96. The second-order valence-corrected chi connectivity index (χ2v) is 5.49. The van der Waals surface area contributed by atoms with E-state index in [-0.39, 0.29) is 11.2 Å². The number of carbonyl (C=O) groups is 1. The van der Waals surface area contributed by atoms with Crippen molar-refractivity contribution >= 4 is 34.0 Å². The van der Waals surface area contributed by atoms with Crippen LogP contribution < -0.4 is 5.73 Å². The van der Waals surface area contributed by atoms with Crippen molar-refractivity contribution in [3.05, 3.63) is 21.9 Å². The molecule has 1 aliphatic heterocycles. The fourth-order valence-corrected chi connectivity index (χ4v) is 3.06. The van der Waals surface area contributed by atoms with E-state index in [0.29, 0.717) is 6.54 Å². The standard InChI is InChI=1S/C9H10N2OS2/c1-5-2-3-6(13-5)9-11-8(12)7(4-10)14-9/h2-3,7H,4,10H2,1H3. The van der Waals surface area contributed by atoms with E-state index in [1.165, 1.54) is 16.6 Å². The van der Waals surface area contributed by atoms with Gasteiger partial charge in [-0.3, -0.25) is 4.79 Å². The smallest absolute Gasteiger partial charge is 0.261 e. The van der Waals surface area contributed by atoms with Gasteiger partial charge in [-0.05, 0) is 19.1 Å². The molecule has 3 nitrogen and oxygen atoms in total. The van der Waals surface area contributed by atoms with Gasteiger partial charge in [-0.2, -0.15) is 0 Å². The molecule has 1 unspecified atom stereocenters. The van der Waals surface area contributed by atoms with Crippen molar-refractivity contribution in [2.24, 2.45) is 10.7 Å². The van der Waals surface area contributed by atoms with Crippen molar-refractivity contribution in [1.82, 2.24) is 0 Å². The number of rotatable bonds is 2. The summed E-state index contributed by atoms with van der Waals surface area (Å²) in [6, 6.07) is 4.03. The summed E-state index contributed by atoms with van der Waals surface area (Å²) in [5, 5.41) is 0.649. The summed E-state index contributed by atoms with van der Waals surface area (Å²) in [4.78, 5) is 17.6. The van der Waals surface area contributed by atoms with Gasteiger partial charge in [0.1, 0.15) is 10.3 Å². The zero-order valence-electron chi connectivity index (χ0n) is 7.69. The van der Waals surface area contributed by atoms with E-state index in [1.807, 2.05) is 19.1 Å². The Morgan fingerprint density at radius 1 is 1.57 bits per heavy atom. The Labute approximate surface area is 90.4 Å². The third kappa shape index (κ3) is 1.75. The lowest BCUT2D eigenvalue weighted by molar-refractivity contribution is -0.116. The zero-order chi connectivity index (χ0) is 10.1. The second-order valence-electron chi connectivity index (χ2n) is 3.01. The summed E-state index contributed by atoms with van der Waals surface area (Å²) in [7, 11) is 0. The molecule has 2 heterocycles. The maximum Gasteiger partial charge on any atom is 0.261 e. The molecule has 1 atom stereocenters. The first-order chi connectivity index (χ1) is 6.70. The molecule has 1 aromatic heterocycles. The maximum absolute atomic E-state index is 11.3. The summed E-state index contributed by atoms with van der Waals surface area (Å²) < 4.78 is 0. The van der Waals surface area contributed by atoms with Gasteiger partial charge in [0, 0.05) is 11.4 Å². The molecule has 0 radical (unpaired) electrons. The molecule has 0 aromatic carbocycles. The molecule has 2 rings (SSSR count). The number of nitrogens with zero attached hydrogens (tertiary/aromatic N) is 1. The molecule has 0 fully saturated rings. The topological polar surface area (TPSA) is 55.5 Å². The van der Waals surface area contributed by atoms with Crippen LogP contribution >= 0.6 is 23.1 Å². The highest BCUT2D eigenvalue weighted by molar-refractivity contribution is 8.16. The average molecular weight is 226 g/mol. The molecule has 0 aliphatic carbocycles. The quantitative estimate of drug-likeness (QED) is 0.829. The van der Waals surface area contributed by atoms with Crippen LogP contribution in [0.3, 0.4) is 0 Å². The summed E-state index contributed by atoms with van der Waals surface area (Å²) in [6.07, 6.45) is 0. The molecule has 0 spiro atoms. The molecule has 1 aromatic rings. The molecular weight excluding hydrogens is 216 g/mol. The number of thiophene rings is 1. The maximum atomic E-state index is 11.3. The van der Waals surface area contributed by atoms with E-state index in [4.69, 9.17) is 5.73 Å². The van der Waals surface area contributed by atoms with Crippen LogP contribution in [0.5, 0.6) is 0 Å². The summed E-state index contributed by atoms with van der Waals surface area (Å²) in [6.45, 7) is 2.40. The number of nitrogens with two attached hydrogens (primary N) is 1. The van der Waals surface area contributed by atoms with Gasteiger partial charge in [-0.1, -0.05) is 11.8 Å². The van der Waals surface area contributed by atoms with Crippen LogP contribution in [0, 0.1) is 6.92 Å². The number of amides is 1. The highest BCUT2D eigenvalue weighted by Gasteiger charge is 2.28. The van der Waals surface area contributed by atoms with Crippen molar-refractivity contribution in [2.75, 3.05) is 6.54 Å². The van der Waals surface area contributed by atoms with Gasteiger partial charge in [-0.25, -0.2) is 4.99 Å². The van der Waals surface area contributed by atoms with Crippen LogP contribution in [0.15, 0.2) is 17.1 Å². The van der Waals surface area contributed by atoms with Gasteiger partial charge in [-0.15, -0.1) is 11.3 Å². The van der Waals surface area contributed by atoms with Crippen molar-refractivity contribution in [3.8, 4) is 0 Å². The molecule has 0 saturated heterocycles. The minimum absolute atomic E-state index is 0.0986. The third-order valence-corrected chi connectivity index (χ3v) is 4.26. The Morgan fingerprint density at radius 3 is 2.86 bits per heavy atom. The molecular formula is C9H10N2OS2. The summed E-state index contributed by atoms with van der Waals surface area (Å²) in [5.74, 6) is -0.0986. The number of thioether (sulfide) groups is 1. The van der Waals surface area contributed by atoms with Crippen LogP contribution in [0.4, 0.5) is 0 Å². The molecule has 1 aliphatic rings. The first-order valence-electron chi connectivity index (χ1n) is 4.27. The SMILES string of the molecule is Cc1ccc(C2=NC(=O)C(CN)S2)s1. The van der Waals surface area contributed by atoms with Gasteiger partial charge in [0.05, 0.1) is 4.88 Å². The first kappa shape index (κ1) is 9.89. The lowest BCUT2D eigenvalue weighted by Gasteiger charge is -1.99. The molecule has 1 amide bonds. The second kappa shape index (κ2) is 3.84. The van der Waals surface area contributed by atoms with Crippen LogP contribution in [-0.2, 0) is 4.79 Å². The number of hydrogen-bond donors (Lipinski definition) is 1. The van der Waals surface area contributed by atoms with Gasteiger partial charge in [0.25, 0.3) is 5.91 Å². The largest absolute Gasteiger partial charge is 0.329 e. The molecule has 5 heteroatoms. The van der Waals surface area contributed by atoms with Crippen LogP contribution in [-0.4, -0.2) is 22.7 Å². The minimum Gasteiger partial charge on any atom is -0.329 e. The normalized spacial score (nSPS) is 21.4.